The molecule has 4 heteroatoms. The molecule has 0 saturated carbocycles. The van der Waals surface area contributed by atoms with Crippen molar-refractivity contribution < 1.29 is 15.0 Å². The zero-order chi connectivity index (χ0) is 18.6. The predicted molar refractivity (Wildman–Crippen MR) is 100 cm³/mol. The summed E-state index contributed by atoms with van der Waals surface area (Å²) >= 11 is 0. The van der Waals surface area contributed by atoms with Crippen LogP contribution in [0.4, 0.5) is 0 Å². The second kappa shape index (κ2) is 7.26. The van der Waals surface area contributed by atoms with Gasteiger partial charge in [-0.15, -0.1) is 0 Å². The van der Waals surface area contributed by atoms with Crippen LogP contribution in [0.15, 0.2) is 83.7 Å². The van der Waals surface area contributed by atoms with E-state index in [0.717, 1.165) is 11.1 Å². The van der Waals surface area contributed by atoms with Gasteiger partial charge in [-0.05, 0) is 55.7 Å². The lowest BCUT2D eigenvalue weighted by Gasteiger charge is -2.33. The number of hydrogen-bond acceptors (Lipinski definition) is 3. The second-order valence-corrected chi connectivity index (χ2v) is 5.79. The molecule has 2 rings (SSSR count). The molecule has 25 heavy (non-hydrogen) atoms. The summed E-state index contributed by atoms with van der Waals surface area (Å²) in [5, 5.41) is 22.2. The first-order valence-electron chi connectivity index (χ1n) is 8.06. The highest BCUT2D eigenvalue weighted by atomic mass is 16.3. The largest absolute Gasteiger partial charge is 0.513 e. The fraction of sp³-hybridized carbons (Fsp3) is 0.190. The highest BCUT2D eigenvalue weighted by Crippen LogP contribution is 2.45. The van der Waals surface area contributed by atoms with Crippen molar-refractivity contribution in [3.63, 3.8) is 0 Å². The molecule has 0 aliphatic carbocycles. The molecule has 0 radical (unpaired) electrons. The lowest BCUT2D eigenvalue weighted by atomic mass is 9.76. The monoisotopic (exact) mass is 337 g/mol. The molecular formula is C21H23NO3. The van der Waals surface area contributed by atoms with Crippen LogP contribution in [-0.4, -0.2) is 16.1 Å². The van der Waals surface area contributed by atoms with E-state index in [4.69, 9.17) is 0 Å². The van der Waals surface area contributed by atoms with Crippen molar-refractivity contribution >= 4 is 5.91 Å². The van der Waals surface area contributed by atoms with Gasteiger partial charge in [-0.1, -0.05) is 43.0 Å². The molecule has 1 aliphatic heterocycles. The number of benzene rings is 1. The Balaban J connectivity index is 2.83. The third-order valence-corrected chi connectivity index (χ3v) is 4.27. The van der Waals surface area contributed by atoms with Crippen molar-refractivity contribution in [3.8, 4) is 5.75 Å². The molecule has 1 fully saturated rings. The first kappa shape index (κ1) is 18.3. The molecule has 1 aromatic rings. The van der Waals surface area contributed by atoms with Gasteiger partial charge < -0.3 is 15.5 Å². The lowest BCUT2D eigenvalue weighted by Crippen LogP contribution is -2.41. The molecule has 0 spiro atoms. The second-order valence-electron chi connectivity index (χ2n) is 5.79. The van der Waals surface area contributed by atoms with Crippen molar-refractivity contribution in [2.75, 3.05) is 0 Å². The van der Waals surface area contributed by atoms with E-state index < -0.39 is 5.54 Å². The Morgan fingerprint density at radius 3 is 2.28 bits per heavy atom. The van der Waals surface area contributed by atoms with Gasteiger partial charge in [0.2, 0.25) is 0 Å². The van der Waals surface area contributed by atoms with Gasteiger partial charge in [0.1, 0.15) is 11.3 Å². The number of hydrogen-bond donors (Lipinski definition) is 3. The minimum absolute atomic E-state index is 0.145. The summed E-state index contributed by atoms with van der Waals surface area (Å²) in [6, 6.07) is 6.70. The minimum atomic E-state index is -0.935. The Morgan fingerprint density at radius 2 is 1.80 bits per heavy atom. The standard InChI is InChI=1S/C21H23NO3/c1-5-15(9-8-14(4)23)21(16-10-12-17(24)13-11-16)19(7-3)18(6-2)20(25)22-21/h5-13,23-24H,1H2,2-4H3,(H,22,25)/b14-8+,15-9+,18-6+,19-7+. The number of allylic oxidation sites excluding steroid dienone is 5. The molecule has 0 bridgehead atoms. The van der Waals surface area contributed by atoms with Gasteiger partial charge in [0.05, 0.1) is 5.76 Å². The Kier molecular flexibility index (Phi) is 5.32. The maximum absolute atomic E-state index is 12.6. The van der Waals surface area contributed by atoms with Crippen molar-refractivity contribution in [1.82, 2.24) is 5.32 Å². The third-order valence-electron chi connectivity index (χ3n) is 4.27. The van der Waals surface area contributed by atoms with E-state index in [0.29, 0.717) is 11.1 Å². The molecule has 1 unspecified atom stereocenters. The Hall–Kier alpha value is -3.01. The first-order chi connectivity index (χ1) is 11.9. The molecule has 1 aromatic carbocycles. The van der Waals surface area contributed by atoms with Crippen LogP contribution in [-0.2, 0) is 10.3 Å². The Bertz CT molecular complexity index is 806. The first-order valence-corrected chi connectivity index (χ1v) is 8.06. The number of phenols is 1. The topological polar surface area (TPSA) is 69.6 Å². The van der Waals surface area contributed by atoms with Crippen LogP contribution in [0, 0.1) is 0 Å². The van der Waals surface area contributed by atoms with Gasteiger partial charge in [-0.25, -0.2) is 0 Å². The van der Waals surface area contributed by atoms with E-state index in [1.807, 2.05) is 19.9 Å². The molecule has 130 valence electrons. The van der Waals surface area contributed by atoms with Gasteiger partial charge in [-0.3, -0.25) is 4.79 Å². The third kappa shape index (κ3) is 3.15. The molecule has 0 aromatic heterocycles. The van der Waals surface area contributed by atoms with Crippen molar-refractivity contribution in [1.29, 1.82) is 0 Å². The van der Waals surface area contributed by atoms with Crippen LogP contribution in [0.1, 0.15) is 26.3 Å². The number of aliphatic hydroxyl groups excluding tert-OH is 1. The van der Waals surface area contributed by atoms with Gasteiger partial charge in [0, 0.05) is 5.57 Å². The number of phenolic OH excluding ortho intramolecular Hbond substituents is 1. The summed E-state index contributed by atoms with van der Waals surface area (Å²) < 4.78 is 0. The molecule has 3 N–H and O–H groups in total. The maximum Gasteiger partial charge on any atom is 0.252 e. The van der Waals surface area contributed by atoms with E-state index in [-0.39, 0.29) is 17.4 Å². The normalized spacial score (nSPS) is 24.7. The van der Waals surface area contributed by atoms with Crippen LogP contribution in [0.5, 0.6) is 5.75 Å². The van der Waals surface area contributed by atoms with Crippen molar-refractivity contribution in [3.05, 3.63) is 89.3 Å². The van der Waals surface area contributed by atoms with Crippen LogP contribution in [0.2, 0.25) is 0 Å². The predicted octanol–water partition coefficient (Wildman–Crippen LogP) is 4.18. The summed E-state index contributed by atoms with van der Waals surface area (Å²) in [6.45, 7) is 9.16. The van der Waals surface area contributed by atoms with Gasteiger partial charge >= 0.3 is 0 Å². The smallest absolute Gasteiger partial charge is 0.252 e. The number of rotatable bonds is 4. The van der Waals surface area contributed by atoms with Crippen molar-refractivity contribution in [2.45, 2.75) is 26.3 Å². The van der Waals surface area contributed by atoms with Crippen molar-refractivity contribution in [2.24, 2.45) is 0 Å². The van der Waals surface area contributed by atoms with E-state index in [9.17, 15) is 15.0 Å². The van der Waals surface area contributed by atoms with E-state index in [1.54, 1.807) is 55.5 Å². The summed E-state index contributed by atoms with van der Waals surface area (Å²) in [7, 11) is 0. The number of aromatic hydroxyl groups is 1. The molecule has 1 aliphatic rings. The highest BCUT2D eigenvalue weighted by Gasteiger charge is 2.48. The average Bonchev–Trinajstić information content (AvgIpc) is 2.88. The van der Waals surface area contributed by atoms with E-state index >= 15 is 0 Å². The van der Waals surface area contributed by atoms with Gasteiger partial charge in [-0.2, -0.15) is 0 Å². The zero-order valence-corrected chi connectivity index (χ0v) is 14.7. The number of amides is 1. The Labute approximate surface area is 148 Å². The van der Waals surface area contributed by atoms with Crippen LogP contribution in [0.25, 0.3) is 0 Å². The van der Waals surface area contributed by atoms with Crippen LogP contribution < -0.4 is 5.32 Å². The Morgan fingerprint density at radius 1 is 1.16 bits per heavy atom. The molecule has 1 amide bonds. The lowest BCUT2D eigenvalue weighted by molar-refractivity contribution is -0.117. The van der Waals surface area contributed by atoms with Crippen LogP contribution in [0.3, 0.4) is 0 Å². The van der Waals surface area contributed by atoms with Crippen LogP contribution >= 0.6 is 0 Å². The number of carbonyl (C=O) groups is 1. The van der Waals surface area contributed by atoms with Gasteiger partial charge in [0.25, 0.3) is 5.91 Å². The molecule has 1 heterocycles. The fourth-order valence-electron chi connectivity index (χ4n) is 3.18. The fourth-order valence-corrected chi connectivity index (χ4v) is 3.18. The maximum atomic E-state index is 12.6. The quantitative estimate of drug-likeness (QED) is 0.438. The summed E-state index contributed by atoms with van der Waals surface area (Å²) in [6.07, 6.45) is 8.63. The van der Waals surface area contributed by atoms with Gasteiger partial charge in [0.15, 0.2) is 0 Å². The molecule has 1 atom stereocenters. The summed E-state index contributed by atoms with van der Waals surface area (Å²) in [5.41, 5.74) is 1.97. The molecular weight excluding hydrogens is 314 g/mol. The molecule has 4 nitrogen and oxygen atoms in total. The minimum Gasteiger partial charge on any atom is -0.513 e. The molecule has 1 saturated heterocycles. The zero-order valence-electron chi connectivity index (χ0n) is 14.7. The summed E-state index contributed by atoms with van der Waals surface area (Å²) in [5.74, 6) is 0.116. The average molecular weight is 337 g/mol. The number of nitrogens with one attached hydrogen (secondary N) is 1. The SMILES string of the molecule is C=C/C(=C\C=C(/C)O)C1(c2ccc(O)cc2)NC(=O)C(=C/C)/C1=C\C. The van der Waals surface area contributed by atoms with E-state index in [1.165, 1.54) is 0 Å². The summed E-state index contributed by atoms with van der Waals surface area (Å²) in [4.78, 5) is 12.6. The number of aliphatic hydroxyl groups is 1. The highest BCUT2D eigenvalue weighted by molar-refractivity contribution is 6.04. The number of carbonyl (C=O) groups excluding carboxylic acids is 1. The van der Waals surface area contributed by atoms with E-state index in [2.05, 4.69) is 11.9 Å².